The molecule has 0 aromatic carbocycles. The maximum Gasteiger partial charge on any atom is 0.350 e. The summed E-state index contributed by atoms with van der Waals surface area (Å²) in [6.45, 7) is 2.56. The monoisotopic (exact) mass is 220 g/mol. The molecule has 0 saturated carbocycles. The molecule has 2 aromatic rings. The molecular weight excluding hydrogens is 204 g/mol. The van der Waals surface area contributed by atoms with Crippen LogP contribution < -0.4 is 11.4 Å². The minimum atomic E-state index is -0.123. The second kappa shape index (κ2) is 4.49. The average molecular weight is 220 g/mol. The molecule has 5 heteroatoms. The van der Waals surface area contributed by atoms with E-state index < -0.39 is 0 Å². The van der Waals surface area contributed by atoms with Crippen LogP contribution in [-0.2, 0) is 6.54 Å². The lowest BCUT2D eigenvalue weighted by Gasteiger charge is -2.08. The zero-order valence-corrected chi connectivity index (χ0v) is 9.34. The van der Waals surface area contributed by atoms with Crippen molar-refractivity contribution in [1.82, 2.24) is 14.2 Å². The third kappa shape index (κ3) is 1.99. The summed E-state index contributed by atoms with van der Waals surface area (Å²) < 4.78 is 2.97. The zero-order chi connectivity index (χ0) is 11.5. The van der Waals surface area contributed by atoms with Crippen molar-refractivity contribution >= 4 is 5.65 Å². The van der Waals surface area contributed by atoms with Gasteiger partial charge >= 0.3 is 5.69 Å². The lowest BCUT2D eigenvalue weighted by Crippen LogP contribution is -2.32. The predicted octanol–water partition coefficient (Wildman–Crippen LogP) is 0.623. The van der Waals surface area contributed by atoms with Crippen molar-refractivity contribution in [1.29, 1.82) is 0 Å². The molecule has 0 amide bonds. The number of fused-ring (bicyclic) bond motifs is 1. The van der Waals surface area contributed by atoms with Crippen LogP contribution in [0, 0.1) is 0 Å². The van der Waals surface area contributed by atoms with Crippen molar-refractivity contribution in [2.75, 3.05) is 0 Å². The number of rotatable bonds is 4. The number of nitrogens with zero attached hydrogens (tertiary/aromatic N) is 3. The van der Waals surface area contributed by atoms with Gasteiger partial charge in [-0.3, -0.25) is 4.40 Å². The van der Waals surface area contributed by atoms with Gasteiger partial charge in [0, 0.05) is 12.2 Å². The number of pyridine rings is 1. The Morgan fingerprint density at radius 1 is 1.50 bits per heavy atom. The fraction of sp³-hybridized carbons (Fsp3) is 0.455. The standard InChI is InChI=1S/C11H16N4O/c1-2-5-9(12)8-15-11(16)14-7-4-3-6-10(14)13-15/h3-4,6-7,9H,2,5,8,12H2,1H3. The largest absolute Gasteiger partial charge is 0.350 e. The molecule has 0 aliphatic rings. The third-order valence-corrected chi connectivity index (χ3v) is 2.56. The SMILES string of the molecule is CCCC(N)Cn1nc2ccccn2c1=O. The highest BCUT2D eigenvalue weighted by Gasteiger charge is 2.09. The van der Waals surface area contributed by atoms with Gasteiger partial charge in [-0.15, -0.1) is 5.10 Å². The van der Waals surface area contributed by atoms with Crippen LogP contribution in [0.5, 0.6) is 0 Å². The van der Waals surface area contributed by atoms with Crippen LogP contribution in [0.15, 0.2) is 29.2 Å². The van der Waals surface area contributed by atoms with Gasteiger partial charge in [0.25, 0.3) is 0 Å². The summed E-state index contributed by atoms with van der Waals surface area (Å²) >= 11 is 0. The van der Waals surface area contributed by atoms with Crippen LogP contribution in [0.4, 0.5) is 0 Å². The van der Waals surface area contributed by atoms with Crippen molar-refractivity contribution in [3.8, 4) is 0 Å². The van der Waals surface area contributed by atoms with E-state index in [4.69, 9.17) is 5.73 Å². The summed E-state index contributed by atoms with van der Waals surface area (Å²) in [4.78, 5) is 11.9. The Hall–Kier alpha value is -1.62. The average Bonchev–Trinajstić information content (AvgIpc) is 2.57. The van der Waals surface area contributed by atoms with Crippen molar-refractivity contribution in [2.45, 2.75) is 32.4 Å². The Balaban J connectivity index is 2.31. The van der Waals surface area contributed by atoms with Crippen LogP contribution in [-0.4, -0.2) is 20.2 Å². The Bertz CT molecular complexity index is 528. The molecule has 2 aromatic heterocycles. The van der Waals surface area contributed by atoms with Crippen molar-refractivity contribution in [3.05, 3.63) is 34.9 Å². The first-order valence-corrected chi connectivity index (χ1v) is 5.52. The van der Waals surface area contributed by atoms with Crippen LogP contribution in [0.3, 0.4) is 0 Å². The van der Waals surface area contributed by atoms with E-state index in [9.17, 15) is 4.79 Å². The molecule has 86 valence electrons. The van der Waals surface area contributed by atoms with E-state index in [-0.39, 0.29) is 11.7 Å². The lowest BCUT2D eigenvalue weighted by atomic mass is 10.2. The molecule has 0 aliphatic heterocycles. The Morgan fingerprint density at radius 3 is 3.00 bits per heavy atom. The minimum Gasteiger partial charge on any atom is -0.326 e. The molecule has 1 unspecified atom stereocenters. The first kappa shape index (κ1) is 10.9. The van der Waals surface area contributed by atoms with Crippen LogP contribution in [0.25, 0.3) is 5.65 Å². The van der Waals surface area contributed by atoms with Crippen LogP contribution >= 0.6 is 0 Å². The fourth-order valence-corrected chi connectivity index (χ4v) is 1.77. The van der Waals surface area contributed by atoms with E-state index in [2.05, 4.69) is 12.0 Å². The Labute approximate surface area is 93.5 Å². The first-order chi connectivity index (χ1) is 7.72. The van der Waals surface area contributed by atoms with Crippen molar-refractivity contribution in [2.24, 2.45) is 5.73 Å². The van der Waals surface area contributed by atoms with E-state index in [1.807, 2.05) is 18.2 Å². The van der Waals surface area contributed by atoms with Crippen molar-refractivity contribution < 1.29 is 0 Å². The van der Waals surface area contributed by atoms with Crippen LogP contribution in [0.2, 0.25) is 0 Å². The van der Waals surface area contributed by atoms with Crippen molar-refractivity contribution in [3.63, 3.8) is 0 Å². The maximum absolute atomic E-state index is 11.9. The number of aromatic nitrogens is 3. The highest BCUT2D eigenvalue weighted by Crippen LogP contribution is 1.98. The third-order valence-electron chi connectivity index (χ3n) is 2.56. The predicted molar refractivity (Wildman–Crippen MR) is 62.3 cm³/mol. The topological polar surface area (TPSA) is 65.3 Å². The molecule has 2 N–H and O–H groups in total. The Morgan fingerprint density at radius 2 is 2.31 bits per heavy atom. The summed E-state index contributed by atoms with van der Waals surface area (Å²) in [7, 11) is 0. The van der Waals surface area contributed by atoms with Gasteiger partial charge in [-0.2, -0.15) is 0 Å². The highest BCUT2D eigenvalue weighted by atomic mass is 16.2. The molecule has 0 aliphatic carbocycles. The summed E-state index contributed by atoms with van der Waals surface area (Å²) in [5, 5.41) is 4.22. The Kier molecular flexibility index (Phi) is 3.05. The molecule has 2 rings (SSSR count). The van der Waals surface area contributed by atoms with Gasteiger partial charge in [0.05, 0.1) is 6.54 Å². The van der Waals surface area contributed by atoms with E-state index in [0.29, 0.717) is 12.2 Å². The quantitative estimate of drug-likeness (QED) is 0.821. The number of hydrogen-bond acceptors (Lipinski definition) is 3. The lowest BCUT2D eigenvalue weighted by molar-refractivity contribution is 0.471. The van der Waals surface area contributed by atoms with Gasteiger partial charge in [0.1, 0.15) is 0 Å². The number of nitrogens with two attached hydrogens (primary N) is 1. The van der Waals surface area contributed by atoms with E-state index in [0.717, 1.165) is 12.8 Å². The molecule has 2 heterocycles. The molecular formula is C11H16N4O. The maximum atomic E-state index is 11.9. The second-order valence-electron chi connectivity index (χ2n) is 3.94. The summed E-state index contributed by atoms with van der Waals surface area (Å²) in [5.74, 6) is 0. The summed E-state index contributed by atoms with van der Waals surface area (Å²) in [6, 6.07) is 5.47. The van der Waals surface area contributed by atoms with Gasteiger partial charge in [-0.25, -0.2) is 9.48 Å². The number of hydrogen-bond donors (Lipinski definition) is 1. The second-order valence-corrected chi connectivity index (χ2v) is 3.94. The molecule has 5 nitrogen and oxygen atoms in total. The van der Waals surface area contributed by atoms with Crippen LogP contribution in [0.1, 0.15) is 19.8 Å². The van der Waals surface area contributed by atoms with Gasteiger partial charge in [-0.05, 0) is 18.6 Å². The molecule has 1 atom stereocenters. The smallest absolute Gasteiger partial charge is 0.326 e. The van der Waals surface area contributed by atoms with Gasteiger partial charge in [0.2, 0.25) is 0 Å². The molecule has 16 heavy (non-hydrogen) atoms. The zero-order valence-electron chi connectivity index (χ0n) is 9.34. The van der Waals surface area contributed by atoms with Gasteiger partial charge < -0.3 is 5.73 Å². The first-order valence-electron chi connectivity index (χ1n) is 5.52. The minimum absolute atomic E-state index is 0.00684. The molecule has 0 spiro atoms. The molecule has 0 saturated heterocycles. The van der Waals surface area contributed by atoms with E-state index >= 15 is 0 Å². The molecule has 0 radical (unpaired) electrons. The fourth-order valence-electron chi connectivity index (χ4n) is 1.77. The summed E-state index contributed by atoms with van der Waals surface area (Å²) in [6.07, 6.45) is 3.64. The van der Waals surface area contributed by atoms with E-state index in [1.165, 1.54) is 9.08 Å². The highest BCUT2D eigenvalue weighted by molar-refractivity contribution is 5.35. The van der Waals surface area contributed by atoms with Gasteiger partial charge in [0.15, 0.2) is 5.65 Å². The molecule has 0 fully saturated rings. The van der Waals surface area contributed by atoms with E-state index in [1.54, 1.807) is 6.20 Å². The molecule has 0 bridgehead atoms. The normalized spacial score (nSPS) is 13.1. The summed E-state index contributed by atoms with van der Waals surface area (Å²) in [5.41, 5.74) is 6.44. The van der Waals surface area contributed by atoms with Gasteiger partial charge in [-0.1, -0.05) is 19.4 Å².